The summed E-state index contributed by atoms with van der Waals surface area (Å²) in [4.78, 5) is 23.2. The minimum atomic E-state index is -1.11. The maximum Gasteiger partial charge on any atom is 0.331 e. The van der Waals surface area contributed by atoms with Crippen molar-refractivity contribution in [2.24, 2.45) is 7.05 Å². The van der Waals surface area contributed by atoms with Crippen LogP contribution in [-0.2, 0) is 21.4 Å². The van der Waals surface area contributed by atoms with Gasteiger partial charge in [0.1, 0.15) is 0 Å². The predicted molar refractivity (Wildman–Crippen MR) is 69.0 cm³/mol. The lowest BCUT2D eigenvalue weighted by atomic mass is 10.1. The second kappa shape index (κ2) is 6.49. The first kappa shape index (κ1) is 14.5. The van der Waals surface area contributed by atoms with E-state index < -0.39 is 12.0 Å². The minimum Gasteiger partial charge on any atom is -0.479 e. The number of carbonyl (C=O) groups excluding carboxylic acids is 1. The van der Waals surface area contributed by atoms with E-state index in [1.807, 2.05) is 0 Å². The highest BCUT2D eigenvalue weighted by Crippen LogP contribution is 2.12. The summed E-state index contributed by atoms with van der Waals surface area (Å²) in [5, 5.41) is 18.8. The van der Waals surface area contributed by atoms with Crippen molar-refractivity contribution in [1.29, 1.82) is 0 Å². The zero-order valence-corrected chi connectivity index (χ0v) is 11.2. The fraction of sp³-hybridized carbons (Fsp3) is 0.583. The van der Waals surface area contributed by atoms with Crippen LogP contribution in [0.4, 0.5) is 0 Å². The van der Waals surface area contributed by atoms with E-state index in [4.69, 9.17) is 4.74 Å². The van der Waals surface area contributed by atoms with Gasteiger partial charge in [0.25, 0.3) is 0 Å². The summed E-state index contributed by atoms with van der Waals surface area (Å²) < 4.78 is 6.75. The second-order valence-corrected chi connectivity index (χ2v) is 4.72. The summed E-state index contributed by atoms with van der Waals surface area (Å²) in [5.41, 5.74) is 0.446. The van der Waals surface area contributed by atoms with Gasteiger partial charge in [-0.3, -0.25) is 9.48 Å². The molecular formula is C12H18N4O4. The lowest BCUT2D eigenvalue weighted by Gasteiger charge is -2.23. The number of aromatic nitrogens is 2. The number of nitrogens with one attached hydrogen (secondary N) is 2. The van der Waals surface area contributed by atoms with E-state index in [9.17, 15) is 14.7 Å². The molecule has 3 N–H and O–H groups in total. The van der Waals surface area contributed by atoms with Crippen molar-refractivity contribution in [3.8, 4) is 0 Å². The molecule has 1 aromatic rings. The number of nitrogens with zero attached hydrogens (tertiary/aromatic N) is 2. The Bertz CT molecular complexity index is 482. The number of aliphatic carboxylic acids is 1. The van der Waals surface area contributed by atoms with Crippen LogP contribution in [0.5, 0.6) is 0 Å². The summed E-state index contributed by atoms with van der Waals surface area (Å²) >= 11 is 0. The summed E-state index contributed by atoms with van der Waals surface area (Å²) in [6, 6.07) is -1.16. The number of carboxylic acids is 1. The molecule has 1 fully saturated rings. The number of rotatable bonds is 5. The van der Waals surface area contributed by atoms with Crippen LogP contribution in [-0.4, -0.2) is 52.6 Å². The fourth-order valence-corrected chi connectivity index (χ4v) is 2.07. The van der Waals surface area contributed by atoms with Crippen LogP contribution < -0.4 is 10.6 Å². The van der Waals surface area contributed by atoms with E-state index in [1.54, 1.807) is 13.2 Å². The van der Waals surface area contributed by atoms with Gasteiger partial charge in [-0.2, -0.15) is 5.10 Å². The first-order chi connectivity index (χ1) is 9.56. The molecule has 0 aliphatic carbocycles. The molecule has 1 aliphatic heterocycles. The molecule has 0 radical (unpaired) electrons. The summed E-state index contributed by atoms with van der Waals surface area (Å²) in [6.45, 7) is 1.78. The van der Waals surface area contributed by atoms with E-state index in [1.165, 1.54) is 10.9 Å². The Morgan fingerprint density at radius 1 is 1.70 bits per heavy atom. The number of amides is 1. The van der Waals surface area contributed by atoms with Crippen molar-refractivity contribution in [2.75, 3.05) is 19.8 Å². The van der Waals surface area contributed by atoms with Gasteiger partial charge in [-0.25, -0.2) is 4.79 Å². The molecule has 2 atom stereocenters. The summed E-state index contributed by atoms with van der Waals surface area (Å²) in [6.07, 6.45) is 3.19. The Kier molecular flexibility index (Phi) is 4.70. The number of morpholine rings is 1. The Hall–Kier alpha value is -1.93. The molecule has 0 aromatic carbocycles. The third kappa shape index (κ3) is 3.78. The third-order valence-electron chi connectivity index (χ3n) is 3.04. The molecule has 1 aromatic heterocycles. The van der Waals surface area contributed by atoms with Crippen LogP contribution in [0, 0.1) is 0 Å². The van der Waals surface area contributed by atoms with Crippen molar-refractivity contribution in [1.82, 2.24) is 20.4 Å². The lowest BCUT2D eigenvalue weighted by Crippen LogP contribution is -2.45. The SMILES string of the molecule is Cn1cc(C(NC(=O)CC2COCCN2)C(=O)O)cn1. The Balaban J connectivity index is 1.94. The molecule has 1 aliphatic rings. The highest BCUT2D eigenvalue weighted by atomic mass is 16.5. The Morgan fingerprint density at radius 3 is 3.05 bits per heavy atom. The van der Waals surface area contributed by atoms with Crippen LogP contribution in [0.25, 0.3) is 0 Å². The topological polar surface area (TPSA) is 105 Å². The van der Waals surface area contributed by atoms with E-state index in [2.05, 4.69) is 15.7 Å². The zero-order chi connectivity index (χ0) is 14.5. The number of hydrogen-bond acceptors (Lipinski definition) is 5. The summed E-state index contributed by atoms with van der Waals surface area (Å²) in [7, 11) is 1.69. The fourth-order valence-electron chi connectivity index (χ4n) is 2.07. The van der Waals surface area contributed by atoms with Gasteiger partial charge >= 0.3 is 5.97 Å². The average molecular weight is 282 g/mol. The highest BCUT2D eigenvalue weighted by molar-refractivity contribution is 5.84. The van der Waals surface area contributed by atoms with Crippen molar-refractivity contribution in [3.63, 3.8) is 0 Å². The number of aryl methyl sites for hydroxylation is 1. The molecule has 2 heterocycles. The lowest BCUT2D eigenvalue weighted by molar-refractivity contribution is -0.142. The molecule has 20 heavy (non-hydrogen) atoms. The normalized spacial score (nSPS) is 20.4. The molecule has 110 valence electrons. The monoisotopic (exact) mass is 282 g/mol. The molecule has 0 spiro atoms. The van der Waals surface area contributed by atoms with Gasteiger partial charge in [-0.15, -0.1) is 0 Å². The van der Waals surface area contributed by atoms with Gasteiger partial charge < -0.3 is 20.5 Å². The van der Waals surface area contributed by atoms with Gasteiger partial charge in [-0.05, 0) is 0 Å². The maximum absolute atomic E-state index is 11.9. The van der Waals surface area contributed by atoms with Gasteiger partial charge in [0.2, 0.25) is 5.91 Å². The Morgan fingerprint density at radius 2 is 2.50 bits per heavy atom. The number of hydrogen-bond donors (Lipinski definition) is 3. The quantitative estimate of drug-likeness (QED) is 0.642. The first-order valence-corrected chi connectivity index (χ1v) is 6.38. The molecule has 2 unspecified atom stereocenters. The number of ether oxygens (including phenoxy) is 1. The van der Waals surface area contributed by atoms with E-state index >= 15 is 0 Å². The van der Waals surface area contributed by atoms with E-state index in [-0.39, 0.29) is 18.4 Å². The molecule has 8 heteroatoms. The van der Waals surface area contributed by atoms with Crippen molar-refractivity contribution >= 4 is 11.9 Å². The van der Waals surface area contributed by atoms with Crippen LogP contribution in [0.15, 0.2) is 12.4 Å². The molecule has 8 nitrogen and oxygen atoms in total. The third-order valence-corrected chi connectivity index (χ3v) is 3.04. The Labute approximate surface area is 116 Å². The van der Waals surface area contributed by atoms with Crippen LogP contribution in [0.1, 0.15) is 18.0 Å². The number of carbonyl (C=O) groups is 2. The molecule has 1 amide bonds. The first-order valence-electron chi connectivity index (χ1n) is 6.38. The van der Waals surface area contributed by atoms with Crippen LogP contribution >= 0.6 is 0 Å². The van der Waals surface area contributed by atoms with Gasteiger partial charge in [0.15, 0.2) is 6.04 Å². The van der Waals surface area contributed by atoms with Crippen LogP contribution in [0.3, 0.4) is 0 Å². The summed E-state index contributed by atoms with van der Waals surface area (Å²) in [5.74, 6) is -1.44. The molecule has 2 rings (SSSR count). The average Bonchev–Trinajstić information content (AvgIpc) is 2.83. The smallest absolute Gasteiger partial charge is 0.331 e. The maximum atomic E-state index is 11.9. The largest absolute Gasteiger partial charge is 0.479 e. The molecule has 0 saturated carbocycles. The van der Waals surface area contributed by atoms with Gasteiger partial charge in [0, 0.05) is 37.8 Å². The van der Waals surface area contributed by atoms with E-state index in [0.29, 0.717) is 25.3 Å². The molecular weight excluding hydrogens is 264 g/mol. The number of carboxylic acid groups (broad SMARTS) is 1. The van der Waals surface area contributed by atoms with Crippen LogP contribution in [0.2, 0.25) is 0 Å². The second-order valence-electron chi connectivity index (χ2n) is 4.72. The zero-order valence-electron chi connectivity index (χ0n) is 11.2. The van der Waals surface area contributed by atoms with Crippen molar-refractivity contribution < 1.29 is 19.4 Å². The van der Waals surface area contributed by atoms with E-state index in [0.717, 1.165) is 0 Å². The van der Waals surface area contributed by atoms with Crippen molar-refractivity contribution in [2.45, 2.75) is 18.5 Å². The molecule has 1 saturated heterocycles. The highest BCUT2D eigenvalue weighted by Gasteiger charge is 2.25. The predicted octanol–water partition coefficient (Wildman–Crippen LogP) is -0.959. The van der Waals surface area contributed by atoms with Crippen molar-refractivity contribution in [3.05, 3.63) is 18.0 Å². The van der Waals surface area contributed by atoms with Gasteiger partial charge in [0.05, 0.1) is 19.4 Å². The molecule has 0 bridgehead atoms. The van der Waals surface area contributed by atoms with Gasteiger partial charge in [-0.1, -0.05) is 0 Å². The standard InChI is InChI=1S/C12H18N4O4/c1-16-6-8(5-14-16)11(12(18)19)15-10(17)4-9-7-20-3-2-13-9/h5-6,9,11,13H,2-4,7H2,1H3,(H,15,17)(H,18,19). The minimum absolute atomic E-state index is 0.0768.